The summed E-state index contributed by atoms with van der Waals surface area (Å²) in [5.74, 6) is 2.04. The van der Waals surface area contributed by atoms with Crippen LogP contribution in [0, 0.1) is 5.92 Å². The number of aliphatic hydroxyl groups excluding tert-OH is 1. The molecule has 19 heavy (non-hydrogen) atoms. The first-order valence-corrected chi connectivity index (χ1v) is 6.36. The van der Waals surface area contributed by atoms with Crippen LogP contribution in [-0.4, -0.2) is 42.9 Å². The average molecular weight is 260 g/mol. The van der Waals surface area contributed by atoms with Gasteiger partial charge in [-0.3, -0.25) is 10.1 Å². The lowest BCUT2D eigenvalue weighted by molar-refractivity contribution is 0.137. The molecule has 0 aliphatic heterocycles. The summed E-state index contributed by atoms with van der Waals surface area (Å²) in [5, 5.41) is 20.0. The Bertz CT molecular complexity index is 502. The summed E-state index contributed by atoms with van der Waals surface area (Å²) >= 11 is 0. The van der Waals surface area contributed by atoms with E-state index < -0.39 is 0 Å². The highest BCUT2D eigenvalue weighted by molar-refractivity contribution is 5.30. The minimum Gasteiger partial charge on any atom is -0.393 e. The Hall–Kier alpha value is -2.02. The van der Waals surface area contributed by atoms with Crippen molar-refractivity contribution in [3.05, 3.63) is 30.7 Å². The Kier molecular flexibility index (Phi) is 3.37. The van der Waals surface area contributed by atoms with Gasteiger partial charge in [-0.05, 0) is 12.8 Å². The Morgan fingerprint density at radius 1 is 1.32 bits per heavy atom. The standard InChI is InChI=1S/C12H16N6O/c19-10-4-8(12-16-7-17-18-12)3-9(10)5-15-11-6-13-1-2-14-11/h1-2,6-10,19H,3-5H2,(H,14,15)(H,16,17,18)/t8-,9+,10+/m0/s1. The molecule has 0 aromatic carbocycles. The van der Waals surface area contributed by atoms with Gasteiger partial charge in [0.15, 0.2) is 0 Å². The number of aromatic amines is 1. The van der Waals surface area contributed by atoms with Crippen LogP contribution < -0.4 is 5.32 Å². The number of H-pyrrole nitrogens is 1. The predicted octanol–water partition coefficient (Wildman–Crippen LogP) is 0.561. The molecule has 2 aromatic rings. The first-order valence-electron chi connectivity index (χ1n) is 6.36. The maximum absolute atomic E-state index is 10.1. The number of hydrogen-bond donors (Lipinski definition) is 3. The Morgan fingerprint density at radius 3 is 3.00 bits per heavy atom. The molecular formula is C12H16N6O. The number of nitrogens with one attached hydrogen (secondary N) is 2. The minimum atomic E-state index is -0.320. The lowest BCUT2D eigenvalue weighted by Crippen LogP contribution is -2.22. The lowest BCUT2D eigenvalue weighted by atomic mass is 10.0. The molecule has 0 unspecified atom stereocenters. The van der Waals surface area contributed by atoms with Gasteiger partial charge in [0.2, 0.25) is 0 Å². The van der Waals surface area contributed by atoms with Gasteiger partial charge in [-0.1, -0.05) is 0 Å². The summed E-state index contributed by atoms with van der Waals surface area (Å²) in [6.45, 7) is 0.685. The highest BCUT2D eigenvalue weighted by Crippen LogP contribution is 2.36. The minimum absolute atomic E-state index is 0.192. The second-order valence-corrected chi connectivity index (χ2v) is 4.84. The van der Waals surface area contributed by atoms with Crippen molar-refractivity contribution < 1.29 is 5.11 Å². The highest BCUT2D eigenvalue weighted by Gasteiger charge is 2.34. The van der Waals surface area contributed by atoms with E-state index in [0.29, 0.717) is 6.54 Å². The number of aromatic nitrogens is 5. The summed E-state index contributed by atoms with van der Waals surface area (Å²) in [6, 6.07) is 0. The van der Waals surface area contributed by atoms with Gasteiger partial charge in [0.25, 0.3) is 0 Å². The summed E-state index contributed by atoms with van der Waals surface area (Å²) in [7, 11) is 0. The molecule has 0 radical (unpaired) electrons. The van der Waals surface area contributed by atoms with E-state index in [1.54, 1.807) is 18.6 Å². The van der Waals surface area contributed by atoms with E-state index in [2.05, 4.69) is 30.5 Å². The van der Waals surface area contributed by atoms with Crippen molar-refractivity contribution in [2.24, 2.45) is 5.92 Å². The van der Waals surface area contributed by atoms with Gasteiger partial charge in [-0.15, -0.1) is 0 Å². The van der Waals surface area contributed by atoms with Crippen LogP contribution in [-0.2, 0) is 0 Å². The normalized spacial score (nSPS) is 26.5. The van der Waals surface area contributed by atoms with Crippen molar-refractivity contribution >= 4 is 5.82 Å². The third kappa shape index (κ3) is 2.70. The number of hydrogen-bond acceptors (Lipinski definition) is 6. The first-order chi connectivity index (χ1) is 9.33. The fourth-order valence-corrected chi connectivity index (χ4v) is 2.58. The Balaban J connectivity index is 1.57. The number of nitrogens with zero attached hydrogens (tertiary/aromatic N) is 4. The van der Waals surface area contributed by atoms with E-state index in [0.717, 1.165) is 24.5 Å². The van der Waals surface area contributed by atoms with Gasteiger partial charge < -0.3 is 10.4 Å². The molecule has 1 fully saturated rings. The third-order valence-electron chi connectivity index (χ3n) is 3.59. The average Bonchev–Trinajstić information content (AvgIpc) is 3.07. The fourth-order valence-electron chi connectivity index (χ4n) is 2.58. The number of aliphatic hydroxyl groups is 1. The number of anilines is 1. The first kappa shape index (κ1) is 12.0. The molecule has 0 amide bonds. The van der Waals surface area contributed by atoms with Gasteiger partial charge in [0, 0.05) is 30.8 Å². The molecule has 3 N–H and O–H groups in total. The molecular weight excluding hydrogens is 244 g/mol. The molecule has 2 aromatic heterocycles. The van der Waals surface area contributed by atoms with Crippen molar-refractivity contribution in [2.45, 2.75) is 24.9 Å². The van der Waals surface area contributed by atoms with Crippen molar-refractivity contribution in [1.82, 2.24) is 25.1 Å². The van der Waals surface area contributed by atoms with Crippen LogP contribution in [0.4, 0.5) is 5.82 Å². The maximum Gasteiger partial charge on any atom is 0.144 e. The molecule has 1 aliphatic rings. The van der Waals surface area contributed by atoms with Crippen LogP contribution in [0.1, 0.15) is 24.6 Å². The monoisotopic (exact) mass is 260 g/mol. The van der Waals surface area contributed by atoms with Crippen LogP contribution in [0.3, 0.4) is 0 Å². The summed E-state index contributed by atoms with van der Waals surface area (Å²) in [5.41, 5.74) is 0. The molecule has 3 rings (SSSR count). The van der Waals surface area contributed by atoms with Crippen molar-refractivity contribution in [3.8, 4) is 0 Å². The van der Waals surface area contributed by atoms with Gasteiger partial charge in [0.05, 0.1) is 12.3 Å². The largest absolute Gasteiger partial charge is 0.393 e. The van der Waals surface area contributed by atoms with Crippen LogP contribution in [0.2, 0.25) is 0 Å². The van der Waals surface area contributed by atoms with Gasteiger partial charge in [-0.2, -0.15) is 5.10 Å². The zero-order valence-corrected chi connectivity index (χ0v) is 10.4. The molecule has 0 bridgehead atoms. The second-order valence-electron chi connectivity index (χ2n) is 4.84. The molecule has 1 saturated carbocycles. The lowest BCUT2D eigenvalue weighted by Gasteiger charge is -2.14. The van der Waals surface area contributed by atoms with Gasteiger partial charge in [0.1, 0.15) is 18.0 Å². The van der Waals surface area contributed by atoms with E-state index in [9.17, 15) is 5.11 Å². The zero-order chi connectivity index (χ0) is 13.1. The SMILES string of the molecule is O[C@@H]1C[C@@H](c2ncn[nH]2)C[C@@H]1CNc1cnccn1. The van der Waals surface area contributed by atoms with Crippen molar-refractivity contribution in [3.63, 3.8) is 0 Å². The molecule has 0 saturated heterocycles. The number of rotatable bonds is 4. The second kappa shape index (κ2) is 5.31. The Morgan fingerprint density at radius 2 is 2.26 bits per heavy atom. The van der Waals surface area contributed by atoms with Crippen LogP contribution in [0.25, 0.3) is 0 Å². The van der Waals surface area contributed by atoms with Gasteiger partial charge >= 0.3 is 0 Å². The fraction of sp³-hybridized carbons (Fsp3) is 0.500. The van der Waals surface area contributed by atoms with E-state index in [-0.39, 0.29) is 17.9 Å². The summed E-state index contributed by atoms with van der Waals surface area (Å²) in [6.07, 6.45) is 7.76. The molecule has 7 nitrogen and oxygen atoms in total. The molecule has 1 aliphatic carbocycles. The summed E-state index contributed by atoms with van der Waals surface area (Å²) < 4.78 is 0. The molecule has 100 valence electrons. The van der Waals surface area contributed by atoms with E-state index >= 15 is 0 Å². The van der Waals surface area contributed by atoms with E-state index in [1.807, 2.05) is 0 Å². The summed E-state index contributed by atoms with van der Waals surface area (Å²) in [4.78, 5) is 12.3. The smallest absolute Gasteiger partial charge is 0.144 e. The molecule has 7 heteroatoms. The molecule has 2 heterocycles. The zero-order valence-electron chi connectivity index (χ0n) is 10.4. The highest BCUT2D eigenvalue weighted by atomic mass is 16.3. The topological polar surface area (TPSA) is 99.6 Å². The van der Waals surface area contributed by atoms with Gasteiger partial charge in [-0.25, -0.2) is 9.97 Å². The van der Waals surface area contributed by atoms with Crippen molar-refractivity contribution in [1.29, 1.82) is 0 Å². The maximum atomic E-state index is 10.1. The Labute approximate surface area is 110 Å². The van der Waals surface area contributed by atoms with Crippen molar-refractivity contribution in [2.75, 3.05) is 11.9 Å². The molecule has 3 atom stereocenters. The van der Waals surface area contributed by atoms with E-state index in [1.165, 1.54) is 6.33 Å². The predicted molar refractivity (Wildman–Crippen MR) is 68.4 cm³/mol. The molecule has 0 spiro atoms. The van der Waals surface area contributed by atoms with Crippen LogP contribution >= 0.6 is 0 Å². The van der Waals surface area contributed by atoms with Crippen LogP contribution in [0.15, 0.2) is 24.9 Å². The quantitative estimate of drug-likeness (QED) is 0.743. The van der Waals surface area contributed by atoms with E-state index in [4.69, 9.17) is 0 Å². The third-order valence-corrected chi connectivity index (χ3v) is 3.59. The van der Waals surface area contributed by atoms with Crippen LogP contribution in [0.5, 0.6) is 0 Å².